The molecular formula is C20H31N5O2. The number of hydrogen-bond donors (Lipinski definition) is 3. The minimum Gasteiger partial charge on any atom is -0.356 e. The number of nitrogens with zero attached hydrogens (tertiary/aromatic N) is 2. The Morgan fingerprint density at radius 1 is 1.33 bits per heavy atom. The number of carbonyl (C=O) groups excluding carboxylic acids is 2. The highest BCUT2D eigenvalue weighted by atomic mass is 16.2. The van der Waals surface area contributed by atoms with E-state index in [4.69, 9.17) is 0 Å². The molecule has 0 bridgehead atoms. The lowest BCUT2D eigenvalue weighted by atomic mass is 10.1. The van der Waals surface area contributed by atoms with Gasteiger partial charge in [0, 0.05) is 51.3 Å². The zero-order valence-corrected chi connectivity index (χ0v) is 16.7. The SMILES string of the molecule is CN=C(NCCc1cccc(C(=O)NC)c1)NC1CCN(C(=O)C(C)C)C1. The smallest absolute Gasteiger partial charge is 0.251 e. The number of benzene rings is 1. The Balaban J connectivity index is 1.80. The molecular weight excluding hydrogens is 342 g/mol. The first-order valence-corrected chi connectivity index (χ1v) is 9.51. The monoisotopic (exact) mass is 373 g/mol. The topological polar surface area (TPSA) is 85.8 Å². The van der Waals surface area contributed by atoms with Crippen molar-refractivity contribution >= 4 is 17.8 Å². The number of likely N-dealkylation sites (tertiary alicyclic amines) is 1. The molecule has 0 aromatic heterocycles. The first-order chi connectivity index (χ1) is 12.9. The number of amides is 2. The van der Waals surface area contributed by atoms with Gasteiger partial charge in [-0.15, -0.1) is 0 Å². The summed E-state index contributed by atoms with van der Waals surface area (Å²) in [5, 5.41) is 9.34. The van der Waals surface area contributed by atoms with E-state index in [1.807, 2.05) is 36.9 Å². The molecule has 2 amide bonds. The lowest BCUT2D eigenvalue weighted by Crippen LogP contribution is -2.45. The summed E-state index contributed by atoms with van der Waals surface area (Å²) >= 11 is 0. The molecule has 1 aromatic carbocycles. The van der Waals surface area contributed by atoms with Gasteiger partial charge in [0.05, 0.1) is 0 Å². The molecule has 1 heterocycles. The lowest BCUT2D eigenvalue weighted by molar-refractivity contribution is -0.133. The average Bonchev–Trinajstić information content (AvgIpc) is 3.14. The number of guanidine groups is 1. The van der Waals surface area contributed by atoms with E-state index < -0.39 is 0 Å². The second-order valence-electron chi connectivity index (χ2n) is 7.10. The van der Waals surface area contributed by atoms with Crippen LogP contribution in [-0.2, 0) is 11.2 Å². The van der Waals surface area contributed by atoms with Crippen molar-refractivity contribution in [1.29, 1.82) is 0 Å². The van der Waals surface area contributed by atoms with Crippen LogP contribution in [0, 0.1) is 5.92 Å². The van der Waals surface area contributed by atoms with Crippen molar-refractivity contribution in [2.45, 2.75) is 32.7 Å². The van der Waals surface area contributed by atoms with Gasteiger partial charge in [-0.05, 0) is 30.5 Å². The molecule has 7 nitrogen and oxygen atoms in total. The summed E-state index contributed by atoms with van der Waals surface area (Å²) in [7, 11) is 3.37. The quantitative estimate of drug-likeness (QED) is 0.513. The van der Waals surface area contributed by atoms with Crippen LogP contribution in [-0.4, -0.2) is 62.4 Å². The number of hydrogen-bond acceptors (Lipinski definition) is 3. The number of rotatable bonds is 6. The van der Waals surface area contributed by atoms with Gasteiger partial charge in [-0.3, -0.25) is 14.6 Å². The second-order valence-corrected chi connectivity index (χ2v) is 7.10. The highest BCUT2D eigenvalue weighted by Gasteiger charge is 2.27. The molecule has 0 aliphatic carbocycles. The highest BCUT2D eigenvalue weighted by Crippen LogP contribution is 2.12. The van der Waals surface area contributed by atoms with Crippen LogP contribution in [0.25, 0.3) is 0 Å². The fourth-order valence-corrected chi connectivity index (χ4v) is 3.17. The molecule has 148 valence electrons. The maximum atomic E-state index is 12.1. The minimum absolute atomic E-state index is 0.0340. The normalized spacial score (nSPS) is 17.1. The Morgan fingerprint density at radius 3 is 2.78 bits per heavy atom. The Kier molecular flexibility index (Phi) is 7.64. The summed E-state index contributed by atoms with van der Waals surface area (Å²) in [6.07, 6.45) is 1.71. The summed E-state index contributed by atoms with van der Waals surface area (Å²) in [5.41, 5.74) is 1.76. The molecule has 2 rings (SSSR count). The van der Waals surface area contributed by atoms with Crippen molar-refractivity contribution in [3.05, 3.63) is 35.4 Å². The molecule has 1 aromatic rings. The fourth-order valence-electron chi connectivity index (χ4n) is 3.17. The zero-order valence-electron chi connectivity index (χ0n) is 16.7. The predicted octanol–water partition coefficient (Wildman–Crippen LogP) is 1.01. The van der Waals surface area contributed by atoms with E-state index in [-0.39, 0.29) is 23.8 Å². The first kappa shape index (κ1) is 20.7. The molecule has 0 spiro atoms. The van der Waals surface area contributed by atoms with Crippen molar-refractivity contribution in [2.75, 3.05) is 33.7 Å². The van der Waals surface area contributed by atoms with E-state index in [1.54, 1.807) is 20.2 Å². The molecule has 1 unspecified atom stereocenters. The molecule has 3 N–H and O–H groups in total. The largest absolute Gasteiger partial charge is 0.356 e. The van der Waals surface area contributed by atoms with Crippen LogP contribution in [0.4, 0.5) is 0 Å². The molecule has 1 aliphatic rings. The summed E-state index contributed by atoms with van der Waals surface area (Å²) in [6.45, 7) is 6.08. The van der Waals surface area contributed by atoms with Crippen molar-refractivity contribution < 1.29 is 9.59 Å². The van der Waals surface area contributed by atoms with Crippen LogP contribution in [0.15, 0.2) is 29.3 Å². The summed E-state index contributed by atoms with van der Waals surface area (Å²) in [5.74, 6) is 0.898. The third-order valence-electron chi connectivity index (χ3n) is 4.68. The highest BCUT2D eigenvalue weighted by molar-refractivity contribution is 5.94. The molecule has 0 radical (unpaired) electrons. The van der Waals surface area contributed by atoms with Crippen LogP contribution in [0.5, 0.6) is 0 Å². The van der Waals surface area contributed by atoms with Gasteiger partial charge in [0.2, 0.25) is 5.91 Å². The lowest BCUT2D eigenvalue weighted by Gasteiger charge is -2.20. The predicted molar refractivity (Wildman–Crippen MR) is 108 cm³/mol. The number of aliphatic imine (C=N–C) groups is 1. The van der Waals surface area contributed by atoms with Crippen molar-refractivity contribution in [1.82, 2.24) is 20.9 Å². The first-order valence-electron chi connectivity index (χ1n) is 9.51. The van der Waals surface area contributed by atoms with Crippen molar-refractivity contribution in [2.24, 2.45) is 10.9 Å². The van der Waals surface area contributed by atoms with Gasteiger partial charge in [-0.1, -0.05) is 26.0 Å². The molecule has 1 atom stereocenters. The van der Waals surface area contributed by atoms with Gasteiger partial charge in [0.25, 0.3) is 5.91 Å². The number of carbonyl (C=O) groups is 2. The Bertz CT molecular complexity index is 687. The van der Waals surface area contributed by atoms with Crippen LogP contribution in [0.3, 0.4) is 0 Å². The summed E-state index contributed by atoms with van der Waals surface area (Å²) < 4.78 is 0. The summed E-state index contributed by atoms with van der Waals surface area (Å²) in [6, 6.07) is 7.84. The van der Waals surface area contributed by atoms with Crippen LogP contribution in [0.1, 0.15) is 36.2 Å². The van der Waals surface area contributed by atoms with Gasteiger partial charge < -0.3 is 20.9 Å². The minimum atomic E-state index is -0.0796. The molecule has 1 fully saturated rings. The average molecular weight is 374 g/mol. The maximum Gasteiger partial charge on any atom is 0.251 e. The standard InChI is InChI=1S/C20H31N5O2/c1-14(2)19(27)25-11-9-17(13-25)24-20(22-4)23-10-8-15-6-5-7-16(12-15)18(26)21-3/h5-7,12,14,17H,8-11,13H2,1-4H3,(H,21,26)(H2,22,23,24). The van der Waals surface area contributed by atoms with E-state index in [2.05, 4.69) is 20.9 Å². The maximum absolute atomic E-state index is 12.1. The van der Waals surface area contributed by atoms with Crippen LogP contribution in [0.2, 0.25) is 0 Å². The van der Waals surface area contributed by atoms with Gasteiger partial charge in [0.15, 0.2) is 5.96 Å². The van der Waals surface area contributed by atoms with E-state index in [1.165, 1.54) is 0 Å². The van der Waals surface area contributed by atoms with Gasteiger partial charge in [-0.2, -0.15) is 0 Å². The van der Waals surface area contributed by atoms with E-state index in [9.17, 15) is 9.59 Å². The van der Waals surface area contributed by atoms with Crippen LogP contribution >= 0.6 is 0 Å². The van der Waals surface area contributed by atoms with Gasteiger partial charge in [0.1, 0.15) is 0 Å². The molecule has 7 heteroatoms. The molecule has 27 heavy (non-hydrogen) atoms. The molecule has 1 aliphatic heterocycles. The van der Waals surface area contributed by atoms with E-state index in [0.29, 0.717) is 18.7 Å². The molecule has 1 saturated heterocycles. The number of nitrogens with one attached hydrogen (secondary N) is 3. The summed E-state index contributed by atoms with van der Waals surface area (Å²) in [4.78, 5) is 30.0. The third kappa shape index (κ3) is 5.98. The molecule has 0 saturated carbocycles. The Hall–Kier alpha value is -2.57. The van der Waals surface area contributed by atoms with Crippen molar-refractivity contribution in [3.8, 4) is 0 Å². The van der Waals surface area contributed by atoms with Crippen LogP contribution < -0.4 is 16.0 Å². The second kappa shape index (κ2) is 9.94. The Morgan fingerprint density at radius 2 is 2.11 bits per heavy atom. The third-order valence-corrected chi connectivity index (χ3v) is 4.68. The fraction of sp³-hybridized carbons (Fsp3) is 0.550. The van der Waals surface area contributed by atoms with Crippen molar-refractivity contribution in [3.63, 3.8) is 0 Å². The van der Waals surface area contributed by atoms with E-state index in [0.717, 1.165) is 30.9 Å². The Labute approximate surface area is 161 Å². The van der Waals surface area contributed by atoms with Gasteiger partial charge in [-0.25, -0.2) is 0 Å². The van der Waals surface area contributed by atoms with E-state index >= 15 is 0 Å². The zero-order chi connectivity index (χ0) is 19.8. The van der Waals surface area contributed by atoms with Gasteiger partial charge >= 0.3 is 0 Å².